The number of rotatable bonds is 12. The molecular weight excluding hydrogens is 266 g/mol. The number of hydrogen-bond donors (Lipinski definition) is 2. The molecule has 5 heteroatoms. The second-order valence-electron chi connectivity index (χ2n) is 5.62. The molecule has 0 aromatic heterocycles. The zero-order chi connectivity index (χ0) is 15.4. The van der Waals surface area contributed by atoms with Crippen LogP contribution < -0.4 is 10.6 Å². The maximum absolute atomic E-state index is 5.47. The summed E-state index contributed by atoms with van der Waals surface area (Å²) in [5.41, 5.74) is 0.406. The summed E-state index contributed by atoms with van der Waals surface area (Å²) >= 11 is 0. The predicted molar refractivity (Wildman–Crippen MR) is 87.9 cm³/mol. The van der Waals surface area contributed by atoms with Gasteiger partial charge in [0.15, 0.2) is 5.96 Å². The SMILES string of the molecule is CCNC(=NCC1(CCOCC)CC1)NCCCOCC. The van der Waals surface area contributed by atoms with Gasteiger partial charge in [0.25, 0.3) is 0 Å². The van der Waals surface area contributed by atoms with Gasteiger partial charge in [0.05, 0.1) is 0 Å². The molecule has 2 N–H and O–H groups in total. The summed E-state index contributed by atoms with van der Waals surface area (Å²) in [6.45, 7) is 12.1. The topological polar surface area (TPSA) is 54.9 Å². The quantitative estimate of drug-likeness (QED) is 0.329. The van der Waals surface area contributed by atoms with Gasteiger partial charge in [0, 0.05) is 46.1 Å². The predicted octanol–water partition coefficient (Wildman–Crippen LogP) is 2.17. The lowest BCUT2D eigenvalue weighted by Gasteiger charge is -2.15. The lowest BCUT2D eigenvalue weighted by Crippen LogP contribution is -2.38. The Kier molecular flexibility index (Phi) is 9.42. The van der Waals surface area contributed by atoms with E-state index in [2.05, 4.69) is 17.6 Å². The van der Waals surface area contributed by atoms with Gasteiger partial charge in [-0.25, -0.2) is 0 Å². The van der Waals surface area contributed by atoms with Gasteiger partial charge in [-0.2, -0.15) is 0 Å². The van der Waals surface area contributed by atoms with Crippen LogP contribution in [0.25, 0.3) is 0 Å². The fourth-order valence-corrected chi connectivity index (χ4v) is 2.21. The van der Waals surface area contributed by atoms with Crippen LogP contribution in [0.15, 0.2) is 4.99 Å². The first kappa shape index (κ1) is 18.2. The van der Waals surface area contributed by atoms with Gasteiger partial charge >= 0.3 is 0 Å². The summed E-state index contributed by atoms with van der Waals surface area (Å²) in [4.78, 5) is 4.74. The van der Waals surface area contributed by atoms with Crippen LogP contribution in [-0.4, -0.2) is 52.0 Å². The molecule has 0 amide bonds. The number of hydrogen-bond acceptors (Lipinski definition) is 3. The van der Waals surface area contributed by atoms with E-state index >= 15 is 0 Å². The summed E-state index contributed by atoms with van der Waals surface area (Å²) in [5.74, 6) is 0.927. The Morgan fingerprint density at radius 1 is 1.05 bits per heavy atom. The summed E-state index contributed by atoms with van der Waals surface area (Å²) in [6, 6.07) is 0. The highest BCUT2D eigenvalue weighted by Gasteiger charge is 2.41. The minimum Gasteiger partial charge on any atom is -0.382 e. The first-order chi connectivity index (χ1) is 10.3. The average Bonchev–Trinajstić information content (AvgIpc) is 3.25. The Morgan fingerprint density at radius 2 is 1.76 bits per heavy atom. The summed E-state index contributed by atoms with van der Waals surface area (Å²) < 4.78 is 10.8. The van der Waals surface area contributed by atoms with Crippen molar-refractivity contribution in [3.8, 4) is 0 Å². The summed E-state index contributed by atoms with van der Waals surface area (Å²) in [7, 11) is 0. The highest BCUT2D eigenvalue weighted by atomic mass is 16.5. The molecule has 5 nitrogen and oxygen atoms in total. The second-order valence-corrected chi connectivity index (χ2v) is 5.62. The van der Waals surface area contributed by atoms with E-state index in [4.69, 9.17) is 14.5 Å². The Bertz CT molecular complexity index is 291. The molecule has 0 unspecified atom stereocenters. The lowest BCUT2D eigenvalue weighted by molar-refractivity contribution is 0.129. The van der Waals surface area contributed by atoms with E-state index in [1.54, 1.807) is 0 Å². The van der Waals surface area contributed by atoms with Crippen molar-refractivity contribution in [3.05, 3.63) is 0 Å². The van der Waals surface area contributed by atoms with E-state index in [-0.39, 0.29) is 0 Å². The highest BCUT2D eigenvalue weighted by molar-refractivity contribution is 5.79. The van der Waals surface area contributed by atoms with Gasteiger partial charge in [0.2, 0.25) is 0 Å². The van der Waals surface area contributed by atoms with Crippen LogP contribution in [-0.2, 0) is 9.47 Å². The minimum absolute atomic E-state index is 0.406. The highest BCUT2D eigenvalue weighted by Crippen LogP contribution is 2.48. The normalized spacial score (nSPS) is 16.8. The van der Waals surface area contributed by atoms with Crippen LogP contribution >= 0.6 is 0 Å². The van der Waals surface area contributed by atoms with Crippen molar-refractivity contribution in [2.45, 2.75) is 46.5 Å². The van der Waals surface area contributed by atoms with Gasteiger partial charge in [-0.15, -0.1) is 0 Å². The van der Waals surface area contributed by atoms with Gasteiger partial charge in [-0.05, 0) is 51.9 Å². The molecular formula is C16H33N3O2. The lowest BCUT2D eigenvalue weighted by atomic mass is 10.0. The number of nitrogens with one attached hydrogen (secondary N) is 2. The first-order valence-electron chi connectivity index (χ1n) is 8.44. The molecule has 0 aromatic carbocycles. The standard InChI is InChI=1S/C16H33N3O2/c1-4-17-15(18-11-7-12-20-5-2)19-14-16(8-9-16)10-13-21-6-3/h4-14H2,1-3H3,(H2,17,18,19). The van der Waals surface area contributed by atoms with Crippen molar-refractivity contribution in [2.24, 2.45) is 10.4 Å². The van der Waals surface area contributed by atoms with Crippen LogP contribution in [0.5, 0.6) is 0 Å². The second kappa shape index (κ2) is 10.9. The third-order valence-electron chi connectivity index (χ3n) is 3.82. The Morgan fingerprint density at radius 3 is 2.38 bits per heavy atom. The molecule has 1 rings (SSSR count). The van der Waals surface area contributed by atoms with E-state index < -0.39 is 0 Å². The van der Waals surface area contributed by atoms with Crippen molar-refractivity contribution in [2.75, 3.05) is 46.1 Å². The molecule has 0 bridgehead atoms. The zero-order valence-corrected chi connectivity index (χ0v) is 14.0. The van der Waals surface area contributed by atoms with Crippen molar-refractivity contribution in [1.29, 1.82) is 0 Å². The van der Waals surface area contributed by atoms with Gasteiger partial charge in [-0.1, -0.05) is 0 Å². The molecule has 0 aliphatic heterocycles. The molecule has 124 valence electrons. The summed E-state index contributed by atoms with van der Waals surface area (Å²) in [6.07, 6.45) is 4.71. The largest absolute Gasteiger partial charge is 0.382 e. The molecule has 0 aromatic rings. The van der Waals surface area contributed by atoms with Gasteiger partial charge in [0.1, 0.15) is 0 Å². The van der Waals surface area contributed by atoms with E-state index in [0.29, 0.717) is 5.41 Å². The number of aliphatic imine (C=N–C) groups is 1. The number of ether oxygens (including phenoxy) is 2. The van der Waals surface area contributed by atoms with Crippen molar-refractivity contribution in [3.63, 3.8) is 0 Å². The monoisotopic (exact) mass is 299 g/mol. The molecule has 1 aliphatic rings. The zero-order valence-electron chi connectivity index (χ0n) is 14.0. The fourth-order valence-electron chi connectivity index (χ4n) is 2.21. The Hall–Kier alpha value is -0.810. The molecule has 21 heavy (non-hydrogen) atoms. The van der Waals surface area contributed by atoms with Crippen LogP contribution in [0.4, 0.5) is 0 Å². The molecule has 0 atom stereocenters. The number of guanidine groups is 1. The van der Waals surface area contributed by atoms with Crippen LogP contribution in [0.3, 0.4) is 0 Å². The molecule has 0 radical (unpaired) electrons. The first-order valence-corrected chi connectivity index (χ1v) is 8.44. The third kappa shape index (κ3) is 8.27. The van der Waals surface area contributed by atoms with Gasteiger partial charge < -0.3 is 20.1 Å². The van der Waals surface area contributed by atoms with Crippen LogP contribution in [0, 0.1) is 5.41 Å². The minimum atomic E-state index is 0.406. The molecule has 1 saturated carbocycles. The van der Waals surface area contributed by atoms with Crippen molar-refractivity contribution < 1.29 is 9.47 Å². The molecule has 0 heterocycles. The molecule has 0 saturated heterocycles. The average molecular weight is 299 g/mol. The van der Waals surface area contributed by atoms with Crippen molar-refractivity contribution >= 4 is 5.96 Å². The maximum Gasteiger partial charge on any atom is 0.191 e. The fraction of sp³-hybridized carbons (Fsp3) is 0.938. The van der Waals surface area contributed by atoms with Crippen LogP contribution in [0.1, 0.15) is 46.5 Å². The maximum atomic E-state index is 5.47. The summed E-state index contributed by atoms with van der Waals surface area (Å²) in [5, 5.41) is 6.68. The Balaban J connectivity index is 2.27. The molecule has 0 spiro atoms. The van der Waals surface area contributed by atoms with E-state index in [1.807, 2.05) is 13.8 Å². The third-order valence-corrected chi connectivity index (χ3v) is 3.82. The van der Waals surface area contributed by atoms with Gasteiger partial charge in [-0.3, -0.25) is 4.99 Å². The van der Waals surface area contributed by atoms with Crippen molar-refractivity contribution in [1.82, 2.24) is 10.6 Å². The Labute approximate surface area is 129 Å². The van der Waals surface area contributed by atoms with E-state index in [0.717, 1.165) is 64.9 Å². The number of nitrogens with zero attached hydrogens (tertiary/aromatic N) is 1. The van der Waals surface area contributed by atoms with Crippen LogP contribution in [0.2, 0.25) is 0 Å². The molecule has 1 aliphatic carbocycles. The smallest absolute Gasteiger partial charge is 0.191 e. The molecule has 1 fully saturated rings. The van der Waals surface area contributed by atoms with E-state index in [9.17, 15) is 0 Å². The van der Waals surface area contributed by atoms with E-state index in [1.165, 1.54) is 12.8 Å².